The third kappa shape index (κ3) is 4.30. The minimum Gasteiger partial charge on any atom is -0.507 e. The van der Waals surface area contributed by atoms with Crippen LogP contribution in [0.3, 0.4) is 0 Å². The third-order valence-electron chi connectivity index (χ3n) is 5.28. The smallest absolute Gasteiger partial charge is 0.416 e. The summed E-state index contributed by atoms with van der Waals surface area (Å²) in [6.07, 6.45) is -3.63. The number of alkyl halides is 3. The Balaban J connectivity index is 1.39. The maximum absolute atomic E-state index is 12.9. The summed E-state index contributed by atoms with van der Waals surface area (Å²) in [6, 6.07) is 8.02. The highest BCUT2D eigenvalue weighted by atomic mass is 19.4. The van der Waals surface area contributed by atoms with Crippen molar-refractivity contribution in [2.45, 2.75) is 19.1 Å². The van der Waals surface area contributed by atoms with Crippen LogP contribution >= 0.6 is 0 Å². The van der Waals surface area contributed by atoms with Crippen LogP contribution in [0.25, 0.3) is 0 Å². The van der Waals surface area contributed by atoms with Crippen molar-refractivity contribution in [1.82, 2.24) is 9.80 Å². The van der Waals surface area contributed by atoms with E-state index in [1.165, 1.54) is 24.3 Å². The Bertz CT molecular complexity index is 931. The number of hydrogen-bond donors (Lipinski definition) is 1. The van der Waals surface area contributed by atoms with E-state index in [1.807, 2.05) is 0 Å². The zero-order chi connectivity index (χ0) is 21.3. The molecule has 0 aliphatic carbocycles. The lowest BCUT2D eigenvalue weighted by Gasteiger charge is -2.22. The second-order valence-corrected chi connectivity index (χ2v) is 7.34. The highest BCUT2D eigenvalue weighted by molar-refractivity contribution is 5.97. The fourth-order valence-electron chi connectivity index (χ4n) is 3.66. The Kier molecular flexibility index (Phi) is 5.46. The number of rotatable bonds is 3. The summed E-state index contributed by atoms with van der Waals surface area (Å²) in [4.78, 5) is 16.7. The Hall–Kier alpha value is -2.94. The zero-order valence-electron chi connectivity index (χ0n) is 16.1. The number of fused-ring (bicyclic) bond motifs is 1. The summed E-state index contributed by atoms with van der Waals surface area (Å²) in [5.74, 6) is 0.384. The van der Waals surface area contributed by atoms with Gasteiger partial charge in [0.1, 0.15) is 5.75 Å². The molecular formula is C21H21F3N2O4. The molecule has 6 nitrogen and oxygen atoms in total. The van der Waals surface area contributed by atoms with Crippen LogP contribution in [-0.2, 0) is 12.7 Å². The molecule has 30 heavy (non-hydrogen) atoms. The van der Waals surface area contributed by atoms with Gasteiger partial charge in [0.05, 0.1) is 11.1 Å². The van der Waals surface area contributed by atoms with Crippen LogP contribution < -0.4 is 9.47 Å². The van der Waals surface area contributed by atoms with Crippen LogP contribution in [0.2, 0.25) is 0 Å². The second kappa shape index (κ2) is 8.06. The minimum absolute atomic E-state index is 0.0506. The van der Waals surface area contributed by atoms with Crippen LogP contribution in [0, 0.1) is 0 Å². The lowest BCUT2D eigenvalue weighted by molar-refractivity contribution is -0.137. The molecule has 0 saturated carbocycles. The first kappa shape index (κ1) is 20.3. The Morgan fingerprint density at radius 3 is 2.40 bits per heavy atom. The summed E-state index contributed by atoms with van der Waals surface area (Å²) in [5.41, 5.74) is 0.286. The monoisotopic (exact) mass is 422 g/mol. The molecule has 0 spiro atoms. The molecule has 9 heteroatoms. The van der Waals surface area contributed by atoms with Crippen molar-refractivity contribution in [3.8, 4) is 17.2 Å². The van der Waals surface area contributed by atoms with E-state index < -0.39 is 11.7 Å². The molecule has 160 valence electrons. The van der Waals surface area contributed by atoms with Gasteiger partial charge in [0, 0.05) is 44.9 Å². The highest BCUT2D eigenvalue weighted by Crippen LogP contribution is 2.38. The molecule has 2 aromatic carbocycles. The molecule has 0 radical (unpaired) electrons. The van der Waals surface area contributed by atoms with E-state index in [9.17, 15) is 23.1 Å². The average Bonchev–Trinajstić information content (AvgIpc) is 3.03. The van der Waals surface area contributed by atoms with Gasteiger partial charge in [-0.05, 0) is 24.1 Å². The van der Waals surface area contributed by atoms with Gasteiger partial charge < -0.3 is 19.5 Å². The lowest BCUT2D eigenvalue weighted by atomic mass is 10.1. The number of carbonyl (C=O) groups excluding carboxylic acids is 1. The van der Waals surface area contributed by atoms with Crippen LogP contribution in [0.1, 0.15) is 27.9 Å². The normalized spacial score (nSPS) is 17.1. The van der Waals surface area contributed by atoms with E-state index in [0.29, 0.717) is 37.7 Å². The van der Waals surface area contributed by atoms with Crippen LogP contribution in [0.5, 0.6) is 17.2 Å². The summed E-state index contributed by atoms with van der Waals surface area (Å²) >= 11 is 0. The van der Waals surface area contributed by atoms with Crippen molar-refractivity contribution in [2.75, 3.05) is 33.0 Å². The molecular weight excluding hydrogens is 401 g/mol. The van der Waals surface area contributed by atoms with Crippen molar-refractivity contribution >= 4 is 5.91 Å². The zero-order valence-corrected chi connectivity index (χ0v) is 16.1. The number of nitrogens with zero attached hydrogens (tertiary/aromatic N) is 2. The molecule has 2 aromatic rings. The molecule has 2 aliphatic rings. The topological polar surface area (TPSA) is 62.2 Å². The SMILES string of the molecule is O=C(c1cc2c(cc1O)OCO2)N1CCCN(Cc2ccc(C(F)(F)F)cc2)CC1. The van der Waals surface area contributed by atoms with E-state index in [2.05, 4.69) is 4.90 Å². The van der Waals surface area contributed by atoms with Gasteiger partial charge in [-0.15, -0.1) is 0 Å². The second-order valence-electron chi connectivity index (χ2n) is 7.34. The van der Waals surface area contributed by atoms with Crippen molar-refractivity contribution < 1.29 is 32.5 Å². The van der Waals surface area contributed by atoms with E-state index in [0.717, 1.165) is 30.7 Å². The fourth-order valence-corrected chi connectivity index (χ4v) is 3.66. The van der Waals surface area contributed by atoms with Crippen LogP contribution in [0.15, 0.2) is 36.4 Å². The third-order valence-corrected chi connectivity index (χ3v) is 5.28. The standard InChI is InChI=1S/C21H21F3N2O4/c22-21(23,24)15-4-2-14(3-5-15)12-25-6-1-7-26(9-8-25)20(28)16-10-18-19(11-17(16)27)30-13-29-18/h2-5,10-11,27H,1,6-9,12-13H2. The first-order chi connectivity index (χ1) is 14.3. The number of hydrogen-bond acceptors (Lipinski definition) is 5. The number of phenols is 1. The molecule has 1 N–H and O–H groups in total. The predicted octanol–water partition coefficient (Wildman–Crippen LogP) is 3.49. The predicted molar refractivity (Wildman–Crippen MR) is 101 cm³/mol. The number of carbonyl (C=O) groups is 1. The lowest BCUT2D eigenvalue weighted by Crippen LogP contribution is -2.35. The van der Waals surface area contributed by atoms with Crippen molar-refractivity contribution in [3.05, 3.63) is 53.1 Å². The van der Waals surface area contributed by atoms with E-state index in [4.69, 9.17) is 9.47 Å². The van der Waals surface area contributed by atoms with E-state index in [-0.39, 0.29) is 24.0 Å². The Morgan fingerprint density at radius 1 is 1.00 bits per heavy atom. The van der Waals surface area contributed by atoms with Crippen molar-refractivity contribution in [1.29, 1.82) is 0 Å². The maximum Gasteiger partial charge on any atom is 0.416 e. The summed E-state index contributed by atoms with van der Waals surface area (Å²) in [7, 11) is 0. The summed E-state index contributed by atoms with van der Waals surface area (Å²) in [5, 5.41) is 10.2. The highest BCUT2D eigenvalue weighted by Gasteiger charge is 2.30. The molecule has 1 saturated heterocycles. The van der Waals surface area contributed by atoms with Gasteiger partial charge in [-0.2, -0.15) is 13.2 Å². The first-order valence-electron chi connectivity index (χ1n) is 9.61. The van der Waals surface area contributed by atoms with Gasteiger partial charge in [-0.25, -0.2) is 0 Å². The maximum atomic E-state index is 12.9. The van der Waals surface area contributed by atoms with Gasteiger partial charge in [0.15, 0.2) is 11.5 Å². The van der Waals surface area contributed by atoms with Gasteiger partial charge in [-0.3, -0.25) is 9.69 Å². The molecule has 1 fully saturated rings. The largest absolute Gasteiger partial charge is 0.507 e. The van der Waals surface area contributed by atoms with Gasteiger partial charge in [-0.1, -0.05) is 12.1 Å². The quantitative estimate of drug-likeness (QED) is 0.821. The first-order valence-corrected chi connectivity index (χ1v) is 9.61. The number of halogens is 3. The van der Waals surface area contributed by atoms with Gasteiger partial charge in [0.2, 0.25) is 6.79 Å². The average molecular weight is 422 g/mol. The van der Waals surface area contributed by atoms with Gasteiger partial charge >= 0.3 is 6.18 Å². The van der Waals surface area contributed by atoms with Crippen molar-refractivity contribution in [3.63, 3.8) is 0 Å². The molecule has 2 aliphatic heterocycles. The molecule has 0 unspecified atom stereocenters. The van der Waals surface area contributed by atoms with Crippen LogP contribution in [0.4, 0.5) is 13.2 Å². The number of benzene rings is 2. The minimum atomic E-state index is -4.34. The molecule has 0 bridgehead atoms. The van der Waals surface area contributed by atoms with Crippen LogP contribution in [-0.4, -0.2) is 53.8 Å². The number of phenolic OH excluding ortho intramolecular Hbond substituents is 1. The number of amides is 1. The Morgan fingerprint density at radius 2 is 1.70 bits per heavy atom. The molecule has 2 heterocycles. The number of aromatic hydroxyl groups is 1. The molecule has 1 amide bonds. The number of ether oxygens (including phenoxy) is 2. The van der Waals surface area contributed by atoms with Crippen molar-refractivity contribution in [2.24, 2.45) is 0 Å². The molecule has 0 aromatic heterocycles. The van der Waals surface area contributed by atoms with E-state index >= 15 is 0 Å². The van der Waals surface area contributed by atoms with Gasteiger partial charge in [0.25, 0.3) is 5.91 Å². The molecule has 4 rings (SSSR count). The fraction of sp³-hybridized carbons (Fsp3) is 0.381. The Labute approximate surface area is 171 Å². The van der Waals surface area contributed by atoms with E-state index in [1.54, 1.807) is 4.90 Å². The molecule has 0 atom stereocenters. The summed E-state index contributed by atoms with van der Waals surface area (Å²) in [6.45, 7) is 2.84. The summed E-state index contributed by atoms with van der Waals surface area (Å²) < 4.78 is 48.6.